The van der Waals surface area contributed by atoms with Gasteiger partial charge in [-0.2, -0.15) is 0 Å². The monoisotopic (exact) mass is 238 g/mol. The van der Waals surface area contributed by atoms with Gasteiger partial charge in [-0.05, 0) is 24.6 Å². The molecule has 0 aliphatic rings. The summed E-state index contributed by atoms with van der Waals surface area (Å²) in [6, 6.07) is 3.26. The molecule has 5 heteroatoms. The van der Waals surface area contributed by atoms with Gasteiger partial charge in [0.2, 0.25) is 0 Å². The summed E-state index contributed by atoms with van der Waals surface area (Å²) >= 11 is 17.5. The van der Waals surface area contributed by atoms with Crippen LogP contribution in [-0.2, 0) is 0 Å². The second kappa shape index (κ2) is 4.49. The Morgan fingerprint density at radius 3 is 2.23 bits per heavy atom. The topological polar surface area (TPSA) is 38.0 Å². The van der Waals surface area contributed by atoms with E-state index in [1.54, 1.807) is 12.1 Å². The number of rotatable bonds is 2. The highest BCUT2D eigenvalue weighted by Crippen LogP contribution is 2.31. The van der Waals surface area contributed by atoms with Gasteiger partial charge < -0.3 is 0 Å². The molecule has 0 saturated carbocycles. The predicted molar refractivity (Wildman–Crippen MR) is 57.2 cm³/mol. The molecule has 1 aromatic carbocycles. The molecule has 1 atom stereocenters. The van der Waals surface area contributed by atoms with Crippen molar-refractivity contribution >= 4 is 34.8 Å². The van der Waals surface area contributed by atoms with Gasteiger partial charge in [0, 0.05) is 11.1 Å². The molecule has 0 heterocycles. The van der Waals surface area contributed by atoms with E-state index in [1.165, 1.54) is 0 Å². The number of nitrogens with one attached hydrogen (secondary N) is 1. The Morgan fingerprint density at radius 1 is 1.15 bits per heavy atom. The van der Waals surface area contributed by atoms with Crippen molar-refractivity contribution in [1.29, 1.82) is 0 Å². The summed E-state index contributed by atoms with van der Waals surface area (Å²) in [5, 5.41) is 1.47. The molecule has 0 amide bonds. The van der Waals surface area contributed by atoms with Gasteiger partial charge in [-0.3, -0.25) is 11.3 Å². The highest BCUT2D eigenvalue weighted by atomic mass is 35.5. The molecule has 2 nitrogen and oxygen atoms in total. The lowest BCUT2D eigenvalue weighted by atomic mass is 10.1. The van der Waals surface area contributed by atoms with Gasteiger partial charge in [-0.1, -0.05) is 34.8 Å². The second-order valence-electron chi connectivity index (χ2n) is 2.68. The molecule has 0 aromatic heterocycles. The molecule has 0 bridgehead atoms. The summed E-state index contributed by atoms with van der Waals surface area (Å²) in [7, 11) is 0. The van der Waals surface area contributed by atoms with E-state index < -0.39 is 0 Å². The minimum Gasteiger partial charge on any atom is -0.271 e. The van der Waals surface area contributed by atoms with Crippen molar-refractivity contribution in [1.82, 2.24) is 5.43 Å². The van der Waals surface area contributed by atoms with E-state index >= 15 is 0 Å². The lowest BCUT2D eigenvalue weighted by Gasteiger charge is -2.13. The summed E-state index contributed by atoms with van der Waals surface area (Å²) in [6.45, 7) is 1.88. The zero-order valence-electron chi connectivity index (χ0n) is 6.94. The van der Waals surface area contributed by atoms with Crippen molar-refractivity contribution in [3.63, 3.8) is 0 Å². The molecule has 0 aliphatic carbocycles. The van der Waals surface area contributed by atoms with Crippen molar-refractivity contribution in [2.75, 3.05) is 0 Å². The summed E-state index contributed by atoms with van der Waals surface area (Å²) in [5.74, 6) is 5.28. The van der Waals surface area contributed by atoms with E-state index in [2.05, 4.69) is 5.43 Å². The zero-order valence-corrected chi connectivity index (χ0v) is 9.21. The molecule has 1 rings (SSSR count). The Labute approximate surface area is 91.9 Å². The molecular weight excluding hydrogens is 230 g/mol. The van der Waals surface area contributed by atoms with E-state index in [9.17, 15) is 0 Å². The predicted octanol–water partition coefficient (Wildman–Crippen LogP) is 3.17. The van der Waals surface area contributed by atoms with Crippen LogP contribution in [0.5, 0.6) is 0 Å². The summed E-state index contributed by atoms with van der Waals surface area (Å²) in [6.07, 6.45) is 0. The average Bonchev–Trinajstić information content (AvgIpc) is 2.10. The molecule has 3 N–H and O–H groups in total. The quantitative estimate of drug-likeness (QED) is 0.473. The largest absolute Gasteiger partial charge is 0.271 e. The molecule has 1 aromatic rings. The van der Waals surface area contributed by atoms with Gasteiger partial charge in [-0.15, -0.1) is 0 Å². The van der Waals surface area contributed by atoms with Crippen molar-refractivity contribution < 1.29 is 0 Å². The first-order valence-corrected chi connectivity index (χ1v) is 4.80. The fourth-order valence-electron chi connectivity index (χ4n) is 0.960. The molecule has 0 radical (unpaired) electrons. The fourth-order valence-corrected chi connectivity index (χ4v) is 1.68. The maximum atomic E-state index is 5.94. The first-order chi connectivity index (χ1) is 6.06. The van der Waals surface area contributed by atoms with Gasteiger partial charge in [0.15, 0.2) is 0 Å². The van der Waals surface area contributed by atoms with Gasteiger partial charge in [0.25, 0.3) is 0 Å². The summed E-state index contributed by atoms with van der Waals surface area (Å²) in [5.41, 5.74) is 3.41. The smallest absolute Gasteiger partial charge is 0.0607 e. The number of nitrogens with two attached hydrogens (primary N) is 1. The first-order valence-electron chi connectivity index (χ1n) is 3.67. The van der Waals surface area contributed by atoms with Crippen LogP contribution in [0.4, 0.5) is 0 Å². The number of benzene rings is 1. The third-order valence-corrected chi connectivity index (χ3v) is 2.81. The molecule has 0 spiro atoms. The maximum Gasteiger partial charge on any atom is 0.0607 e. The van der Waals surface area contributed by atoms with Gasteiger partial charge in [0.05, 0.1) is 10.0 Å². The summed E-state index contributed by atoms with van der Waals surface area (Å²) < 4.78 is 0. The highest BCUT2D eigenvalue weighted by molar-refractivity contribution is 6.43. The van der Waals surface area contributed by atoms with Gasteiger partial charge >= 0.3 is 0 Å². The van der Waals surface area contributed by atoms with Gasteiger partial charge in [0.1, 0.15) is 0 Å². The first kappa shape index (κ1) is 11.1. The number of hydrogen-bond acceptors (Lipinski definition) is 2. The standard InChI is InChI=1S/C8H9Cl3N2/c1-4(13-12)5-2-7(10)8(11)3-6(5)9/h2-4,13H,12H2,1H3/t4-/m1/s1. The number of halogens is 3. The molecule has 72 valence electrons. The third-order valence-electron chi connectivity index (χ3n) is 1.76. The van der Waals surface area contributed by atoms with E-state index in [-0.39, 0.29) is 6.04 Å². The van der Waals surface area contributed by atoms with Crippen LogP contribution in [0.15, 0.2) is 12.1 Å². The summed E-state index contributed by atoms with van der Waals surface area (Å²) in [4.78, 5) is 0. The Bertz CT molecular complexity index is 315. The Hall–Kier alpha value is 0.01000. The Kier molecular flexibility index (Phi) is 3.83. The molecule has 0 aliphatic heterocycles. The maximum absolute atomic E-state index is 5.94. The van der Waals surface area contributed by atoms with Gasteiger partial charge in [-0.25, -0.2) is 0 Å². The van der Waals surface area contributed by atoms with Crippen LogP contribution in [0.1, 0.15) is 18.5 Å². The van der Waals surface area contributed by atoms with Crippen molar-refractivity contribution in [2.45, 2.75) is 13.0 Å². The second-order valence-corrected chi connectivity index (χ2v) is 3.90. The lowest BCUT2D eigenvalue weighted by Crippen LogP contribution is -2.25. The number of hydrogen-bond donors (Lipinski definition) is 2. The minimum absolute atomic E-state index is 0.0535. The van der Waals surface area contributed by atoms with Crippen LogP contribution in [0, 0.1) is 0 Å². The Morgan fingerprint density at radius 2 is 1.69 bits per heavy atom. The normalized spacial score (nSPS) is 13.0. The van der Waals surface area contributed by atoms with Crippen LogP contribution in [0.2, 0.25) is 15.1 Å². The van der Waals surface area contributed by atoms with Crippen molar-refractivity contribution in [2.24, 2.45) is 5.84 Å². The lowest BCUT2D eigenvalue weighted by molar-refractivity contribution is 0.603. The molecule has 0 saturated heterocycles. The minimum atomic E-state index is -0.0535. The Balaban J connectivity index is 3.15. The van der Waals surface area contributed by atoms with E-state index in [1.807, 2.05) is 6.92 Å². The van der Waals surface area contributed by atoms with E-state index in [0.29, 0.717) is 15.1 Å². The molecule has 13 heavy (non-hydrogen) atoms. The van der Waals surface area contributed by atoms with Crippen molar-refractivity contribution in [3.8, 4) is 0 Å². The zero-order chi connectivity index (χ0) is 10.0. The van der Waals surface area contributed by atoms with Crippen molar-refractivity contribution in [3.05, 3.63) is 32.8 Å². The van der Waals surface area contributed by atoms with Crippen LogP contribution in [0.3, 0.4) is 0 Å². The molecule has 0 fully saturated rings. The van der Waals surface area contributed by atoms with Crippen LogP contribution in [-0.4, -0.2) is 0 Å². The fraction of sp³-hybridized carbons (Fsp3) is 0.250. The highest BCUT2D eigenvalue weighted by Gasteiger charge is 2.10. The molecular formula is C8H9Cl3N2. The number of hydrazine groups is 1. The van der Waals surface area contributed by atoms with E-state index in [0.717, 1.165) is 5.56 Å². The average molecular weight is 240 g/mol. The SMILES string of the molecule is C[C@@H](NN)c1cc(Cl)c(Cl)cc1Cl. The van der Waals surface area contributed by atoms with Crippen LogP contribution < -0.4 is 11.3 Å². The van der Waals surface area contributed by atoms with E-state index in [4.69, 9.17) is 40.6 Å². The van der Waals surface area contributed by atoms with Crippen LogP contribution in [0.25, 0.3) is 0 Å². The molecule has 0 unspecified atom stereocenters. The third kappa shape index (κ3) is 2.48. The van der Waals surface area contributed by atoms with Crippen LogP contribution >= 0.6 is 34.8 Å².